The van der Waals surface area contributed by atoms with Crippen molar-refractivity contribution in [2.45, 2.75) is 32.9 Å². The van der Waals surface area contributed by atoms with E-state index in [0.717, 1.165) is 22.5 Å². The fourth-order valence-electron chi connectivity index (χ4n) is 4.05. The van der Waals surface area contributed by atoms with Crippen LogP contribution in [0.3, 0.4) is 0 Å². The predicted octanol–water partition coefficient (Wildman–Crippen LogP) is 4.48. The van der Waals surface area contributed by atoms with Crippen molar-refractivity contribution in [2.75, 3.05) is 23.7 Å². The first-order valence-electron chi connectivity index (χ1n) is 11.6. The second kappa shape index (κ2) is 10.4. The molecule has 0 spiro atoms. The zero-order valence-electron chi connectivity index (χ0n) is 19.6. The van der Waals surface area contributed by atoms with E-state index in [4.69, 9.17) is 0 Å². The molecule has 0 aliphatic carbocycles. The van der Waals surface area contributed by atoms with Crippen molar-refractivity contribution in [2.24, 2.45) is 5.92 Å². The maximum atomic E-state index is 13.3. The molecule has 1 fully saturated rings. The first-order chi connectivity index (χ1) is 16.4. The Kier molecular flexibility index (Phi) is 7.16. The van der Waals surface area contributed by atoms with E-state index in [1.165, 1.54) is 11.1 Å². The Balaban J connectivity index is 1.51. The molecule has 1 amide bonds. The van der Waals surface area contributed by atoms with Gasteiger partial charge in [0.1, 0.15) is 6.04 Å². The van der Waals surface area contributed by atoms with Crippen molar-refractivity contribution in [3.05, 3.63) is 95.1 Å². The van der Waals surface area contributed by atoms with Crippen LogP contribution in [-0.4, -0.2) is 41.0 Å². The number of carboxylic acid groups (broad SMARTS) is 1. The summed E-state index contributed by atoms with van der Waals surface area (Å²) in [6.45, 7) is 5.29. The van der Waals surface area contributed by atoms with Gasteiger partial charge in [0.15, 0.2) is 0 Å². The minimum atomic E-state index is -0.849. The van der Waals surface area contributed by atoms with Gasteiger partial charge in [-0.15, -0.1) is 0 Å². The number of rotatable bonds is 9. The zero-order chi connectivity index (χ0) is 24.1. The van der Waals surface area contributed by atoms with Crippen LogP contribution in [0.25, 0.3) is 0 Å². The third-order valence-electron chi connectivity index (χ3n) is 6.26. The highest BCUT2D eigenvalue weighted by molar-refractivity contribution is 5.88. The fraction of sp³-hybridized carbons (Fsp3) is 0.286. The van der Waals surface area contributed by atoms with Crippen LogP contribution >= 0.6 is 0 Å². The Hall–Kier alpha value is -3.80. The summed E-state index contributed by atoms with van der Waals surface area (Å²) in [5.41, 5.74) is 6.37. The largest absolute Gasteiger partial charge is 0.481 e. The van der Waals surface area contributed by atoms with Gasteiger partial charge < -0.3 is 20.6 Å². The average molecular weight is 458 g/mol. The molecule has 0 aromatic heterocycles. The average Bonchev–Trinajstić information content (AvgIpc) is 2.79. The number of carboxylic acids is 1. The number of carbonyl (C=O) groups excluding carboxylic acids is 1. The van der Waals surface area contributed by atoms with Gasteiger partial charge in [0.05, 0.1) is 17.3 Å². The third kappa shape index (κ3) is 5.76. The van der Waals surface area contributed by atoms with Crippen molar-refractivity contribution in [1.82, 2.24) is 4.90 Å². The Labute approximate surface area is 200 Å². The molecule has 3 N–H and O–H groups in total. The minimum absolute atomic E-state index is 0.0774. The van der Waals surface area contributed by atoms with Crippen LogP contribution in [-0.2, 0) is 22.6 Å². The van der Waals surface area contributed by atoms with Gasteiger partial charge >= 0.3 is 5.97 Å². The standard InChI is InChI=1S/C28H31N3O3/c1-19-7-11-21(12-8-19)15-26(27(32)31-17-23(18-31)28(33)34)30-25-6-4-3-5-24(25)29-16-22-13-9-20(2)10-14-22/h3-14,23,26,29-30H,15-18H2,1-2H3,(H,33,34)/t26-/m0/s1. The zero-order valence-corrected chi connectivity index (χ0v) is 19.6. The normalized spacial score (nSPS) is 14.2. The number of amides is 1. The van der Waals surface area contributed by atoms with Crippen molar-refractivity contribution in [3.63, 3.8) is 0 Å². The molecule has 6 heteroatoms. The maximum Gasteiger partial charge on any atom is 0.310 e. The van der Waals surface area contributed by atoms with Crippen molar-refractivity contribution >= 4 is 23.3 Å². The molecule has 176 valence electrons. The SMILES string of the molecule is Cc1ccc(CNc2ccccc2N[C@@H](Cc2ccc(C)cc2)C(=O)N2CC(C(=O)O)C2)cc1. The van der Waals surface area contributed by atoms with Gasteiger partial charge in [-0.25, -0.2) is 0 Å². The number of likely N-dealkylation sites (tertiary alicyclic amines) is 1. The molecule has 0 bridgehead atoms. The molecule has 0 saturated carbocycles. The topological polar surface area (TPSA) is 81.7 Å². The van der Waals surface area contributed by atoms with Crippen LogP contribution in [0.15, 0.2) is 72.8 Å². The van der Waals surface area contributed by atoms with E-state index in [-0.39, 0.29) is 19.0 Å². The Morgan fingerprint density at radius 3 is 2.03 bits per heavy atom. The lowest BCUT2D eigenvalue weighted by Crippen LogP contribution is -2.57. The third-order valence-corrected chi connectivity index (χ3v) is 6.26. The lowest BCUT2D eigenvalue weighted by Gasteiger charge is -2.39. The van der Waals surface area contributed by atoms with Gasteiger partial charge in [-0.1, -0.05) is 71.8 Å². The molecule has 6 nitrogen and oxygen atoms in total. The lowest BCUT2D eigenvalue weighted by molar-refractivity contribution is -0.153. The Morgan fingerprint density at radius 2 is 1.44 bits per heavy atom. The summed E-state index contributed by atoms with van der Waals surface area (Å²) in [6.07, 6.45) is 0.514. The van der Waals surface area contributed by atoms with Gasteiger partial charge in [0, 0.05) is 26.1 Å². The number of carbonyl (C=O) groups is 2. The van der Waals surface area contributed by atoms with Gasteiger partial charge in [-0.3, -0.25) is 9.59 Å². The van der Waals surface area contributed by atoms with E-state index in [0.29, 0.717) is 13.0 Å². The number of aryl methyl sites for hydroxylation is 2. The van der Waals surface area contributed by atoms with Gasteiger partial charge in [0.2, 0.25) is 5.91 Å². The van der Waals surface area contributed by atoms with Gasteiger partial charge in [-0.2, -0.15) is 0 Å². The van der Waals surface area contributed by atoms with E-state index in [1.807, 2.05) is 55.5 Å². The van der Waals surface area contributed by atoms with Crippen molar-refractivity contribution < 1.29 is 14.7 Å². The number of anilines is 2. The van der Waals surface area contributed by atoms with E-state index < -0.39 is 17.9 Å². The Morgan fingerprint density at radius 1 is 0.882 bits per heavy atom. The highest BCUT2D eigenvalue weighted by atomic mass is 16.4. The van der Waals surface area contributed by atoms with Crippen LogP contribution < -0.4 is 10.6 Å². The van der Waals surface area contributed by atoms with E-state index in [1.54, 1.807) is 4.90 Å². The highest BCUT2D eigenvalue weighted by Crippen LogP contribution is 2.26. The predicted molar refractivity (Wildman–Crippen MR) is 135 cm³/mol. The summed E-state index contributed by atoms with van der Waals surface area (Å²) in [4.78, 5) is 26.2. The first kappa shape index (κ1) is 23.4. The first-order valence-corrected chi connectivity index (χ1v) is 11.6. The summed E-state index contributed by atoms with van der Waals surface area (Å²) in [6, 6.07) is 23.9. The summed E-state index contributed by atoms with van der Waals surface area (Å²) in [5.74, 6) is -1.41. The molecule has 34 heavy (non-hydrogen) atoms. The summed E-state index contributed by atoms with van der Waals surface area (Å²) in [5, 5.41) is 16.1. The molecule has 0 unspecified atom stereocenters. The van der Waals surface area contributed by atoms with Gasteiger partial charge in [-0.05, 0) is 37.1 Å². The van der Waals surface area contributed by atoms with Crippen molar-refractivity contribution in [1.29, 1.82) is 0 Å². The number of para-hydroxylation sites is 2. The van der Waals surface area contributed by atoms with Crippen molar-refractivity contribution in [3.8, 4) is 0 Å². The Bertz CT molecular complexity index is 1140. The molecule has 1 aliphatic heterocycles. The lowest BCUT2D eigenvalue weighted by atomic mass is 9.97. The molecule has 3 aromatic carbocycles. The molecule has 1 saturated heterocycles. The van der Waals surface area contributed by atoms with Gasteiger partial charge in [0.25, 0.3) is 0 Å². The van der Waals surface area contributed by atoms with Crippen LogP contribution in [0.4, 0.5) is 11.4 Å². The molecule has 0 radical (unpaired) electrons. The molecular weight excluding hydrogens is 426 g/mol. The molecule has 4 rings (SSSR count). The van der Waals surface area contributed by atoms with E-state index in [9.17, 15) is 14.7 Å². The quantitative estimate of drug-likeness (QED) is 0.441. The number of nitrogens with zero attached hydrogens (tertiary/aromatic N) is 1. The summed E-state index contributed by atoms with van der Waals surface area (Å²) in [7, 11) is 0. The summed E-state index contributed by atoms with van der Waals surface area (Å²) >= 11 is 0. The van der Waals surface area contributed by atoms with E-state index >= 15 is 0 Å². The van der Waals surface area contributed by atoms with Crippen LogP contribution in [0, 0.1) is 19.8 Å². The number of hydrogen-bond donors (Lipinski definition) is 3. The monoisotopic (exact) mass is 457 g/mol. The van der Waals surface area contributed by atoms with Crippen LogP contribution in [0.5, 0.6) is 0 Å². The second-order valence-corrected chi connectivity index (χ2v) is 9.05. The molecule has 1 heterocycles. The molecular formula is C28H31N3O3. The number of nitrogens with one attached hydrogen (secondary N) is 2. The number of benzene rings is 3. The van der Waals surface area contributed by atoms with Crippen LogP contribution in [0.2, 0.25) is 0 Å². The van der Waals surface area contributed by atoms with E-state index in [2.05, 4.69) is 41.8 Å². The maximum absolute atomic E-state index is 13.3. The smallest absolute Gasteiger partial charge is 0.310 e. The molecule has 3 aromatic rings. The number of aliphatic carboxylic acids is 1. The van der Waals surface area contributed by atoms with Crippen LogP contribution in [0.1, 0.15) is 22.3 Å². The highest BCUT2D eigenvalue weighted by Gasteiger charge is 2.38. The molecule has 1 aliphatic rings. The number of hydrogen-bond acceptors (Lipinski definition) is 4. The second-order valence-electron chi connectivity index (χ2n) is 9.05. The minimum Gasteiger partial charge on any atom is -0.481 e. The fourth-order valence-corrected chi connectivity index (χ4v) is 4.05. The molecule has 1 atom stereocenters. The summed E-state index contributed by atoms with van der Waals surface area (Å²) < 4.78 is 0.